The first-order valence-electron chi connectivity index (χ1n) is 9.35. The highest BCUT2D eigenvalue weighted by molar-refractivity contribution is 5.97. The maximum absolute atomic E-state index is 13.0. The number of aromatic nitrogens is 3. The highest BCUT2D eigenvalue weighted by Crippen LogP contribution is 2.31. The molecule has 1 N–H and O–H groups in total. The highest BCUT2D eigenvalue weighted by atomic mass is 35.5. The third-order valence-corrected chi connectivity index (χ3v) is 5.44. The molecule has 1 fully saturated rings. The molecule has 0 unspecified atom stereocenters. The second-order valence-corrected chi connectivity index (χ2v) is 6.94. The molecule has 4 rings (SSSR count). The van der Waals surface area contributed by atoms with Gasteiger partial charge in [-0.05, 0) is 31.0 Å². The van der Waals surface area contributed by atoms with Crippen molar-refractivity contribution in [2.24, 2.45) is 0 Å². The summed E-state index contributed by atoms with van der Waals surface area (Å²) in [6.07, 6.45) is 1.78. The van der Waals surface area contributed by atoms with Gasteiger partial charge in [0.1, 0.15) is 23.1 Å². The summed E-state index contributed by atoms with van der Waals surface area (Å²) < 4.78 is 12.9. The molecule has 8 nitrogen and oxygen atoms in total. The lowest BCUT2D eigenvalue weighted by Gasteiger charge is -2.32. The summed E-state index contributed by atoms with van der Waals surface area (Å²) in [5.74, 6) is 3.63. The number of halogens is 1. The molecule has 0 aliphatic carbocycles. The maximum atomic E-state index is 13.0. The van der Waals surface area contributed by atoms with Crippen LogP contribution < -0.4 is 14.8 Å². The van der Waals surface area contributed by atoms with Gasteiger partial charge in [-0.25, -0.2) is 0 Å². The minimum atomic E-state index is -0.0170. The number of hydrogen-bond donors (Lipinski definition) is 1. The third-order valence-electron chi connectivity index (χ3n) is 5.44. The van der Waals surface area contributed by atoms with E-state index in [2.05, 4.69) is 20.1 Å². The quantitative estimate of drug-likeness (QED) is 0.832. The Hall–Kier alpha value is -2.32. The lowest BCUT2D eigenvalue weighted by molar-refractivity contribution is 0.0706. The second-order valence-electron chi connectivity index (χ2n) is 6.94. The van der Waals surface area contributed by atoms with Gasteiger partial charge >= 0.3 is 0 Å². The maximum Gasteiger partial charge on any atom is 0.257 e. The first-order valence-corrected chi connectivity index (χ1v) is 9.35. The summed E-state index contributed by atoms with van der Waals surface area (Å²) in [5.41, 5.74) is 0.543. The molecule has 152 valence electrons. The van der Waals surface area contributed by atoms with E-state index in [0.29, 0.717) is 36.1 Å². The molecule has 3 heterocycles. The smallest absolute Gasteiger partial charge is 0.257 e. The van der Waals surface area contributed by atoms with Crippen LogP contribution in [-0.2, 0) is 13.1 Å². The van der Waals surface area contributed by atoms with Crippen molar-refractivity contribution in [2.45, 2.75) is 31.8 Å². The van der Waals surface area contributed by atoms with Crippen molar-refractivity contribution in [1.82, 2.24) is 25.0 Å². The molecule has 2 aliphatic rings. The Kier molecular flexibility index (Phi) is 6.41. The van der Waals surface area contributed by atoms with Crippen molar-refractivity contribution in [2.75, 3.05) is 33.9 Å². The van der Waals surface area contributed by atoms with Gasteiger partial charge in [0, 0.05) is 32.1 Å². The van der Waals surface area contributed by atoms with Crippen LogP contribution in [0.1, 0.15) is 40.8 Å². The van der Waals surface area contributed by atoms with Crippen LogP contribution >= 0.6 is 12.4 Å². The summed E-state index contributed by atoms with van der Waals surface area (Å²) in [6, 6.07) is 5.32. The molecule has 9 heteroatoms. The predicted octanol–water partition coefficient (Wildman–Crippen LogP) is 1.84. The number of ether oxygens (including phenoxy) is 2. The fraction of sp³-hybridized carbons (Fsp3) is 0.526. The Morgan fingerprint density at radius 1 is 1.14 bits per heavy atom. The van der Waals surface area contributed by atoms with Gasteiger partial charge in [0.15, 0.2) is 0 Å². The molecular formula is C19H26ClN5O3. The van der Waals surface area contributed by atoms with Crippen LogP contribution in [0.5, 0.6) is 11.5 Å². The molecule has 0 atom stereocenters. The number of carbonyl (C=O) groups is 1. The Bertz CT molecular complexity index is 833. The Morgan fingerprint density at radius 2 is 1.93 bits per heavy atom. The number of nitrogens with one attached hydrogen (secondary N) is 1. The van der Waals surface area contributed by atoms with E-state index >= 15 is 0 Å². The molecule has 28 heavy (non-hydrogen) atoms. The van der Waals surface area contributed by atoms with Crippen molar-refractivity contribution in [3.8, 4) is 11.5 Å². The minimum Gasteiger partial charge on any atom is -0.497 e. The fourth-order valence-electron chi connectivity index (χ4n) is 3.91. The number of amides is 1. The van der Waals surface area contributed by atoms with E-state index in [0.717, 1.165) is 44.1 Å². The monoisotopic (exact) mass is 407 g/mol. The van der Waals surface area contributed by atoms with Gasteiger partial charge < -0.3 is 24.3 Å². The van der Waals surface area contributed by atoms with Crippen molar-refractivity contribution in [3.05, 3.63) is 35.4 Å². The van der Waals surface area contributed by atoms with Crippen molar-refractivity contribution < 1.29 is 14.3 Å². The zero-order valence-corrected chi connectivity index (χ0v) is 17.0. The summed E-state index contributed by atoms with van der Waals surface area (Å²) in [6.45, 7) is 4.04. The second kappa shape index (κ2) is 8.79. The summed E-state index contributed by atoms with van der Waals surface area (Å²) in [4.78, 5) is 14.9. The van der Waals surface area contributed by atoms with E-state index in [9.17, 15) is 4.79 Å². The summed E-state index contributed by atoms with van der Waals surface area (Å²) in [7, 11) is 3.17. The predicted molar refractivity (Wildman–Crippen MR) is 106 cm³/mol. The van der Waals surface area contributed by atoms with Crippen LogP contribution in [0, 0.1) is 0 Å². The van der Waals surface area contributed by atoms with Gasteiger partial charge in [-0.3, -0.25) is 4.79 Å². The Labute approximate surface area is 170 Å². The topological polar surface area (TPSA) is 81.5 Å². The Morgan fingerprint density at radius 3 is 2.64 bits per heavy atom. The minimum absolute atomic E-state index is 0. The van der Waals surface area contributed by atoms with Gasteiger partial charge in [-0.2, -0.15) is 0 Å². The number of nitrogens with zero attached hydrogens (tertiary/aromatic N) is 4. The fourth-order valence-corrected chi connectivity index (χ4v) is 3.91. The van der Waals surface area contributed by atoms with Gasteiger partial charge in [0.2, 0.25) is 0 Å². The average molecular weight is 408 g/mol. The van der Waals surface area contributed by atoms with Crippen LogP contribution in [-0.4, -0.2) is 59.4 Å². The van der Waals surface area contributed by atoms with Gasteiger partial charge in [0.05, 0.1) is 26.3 Å². The number of fused-ring (bicyclic) bond motifs is 1. The molecule has 0 bridgehead atoms. The van der Waals surface area contributed by atoms with Crippen LogP contribution in [0.15, 0.2) is 18.2 Å². The molecule has 1 aromatic heterocycles. The van der Waals surface area contributed by atoms with E-state index in [4.69, 9.17) is 9.47 Å². The van der Waals surface area contributed by atoms with Gasteiger partial charge in [-0.1, -0.05) is 0 Å². The molecule has 1 aromatic carbocycles. The molecule has 2 aliphatic heterocycles. The zero-order valence-electron chi connectivity index (χ0n) is 16.2. The van der Waals surface area contributed by atoms with Crippen molar-refractivity contribution in [1.29, 1.82) is 0 Å². The SMILES string of the molecule is COc1ccc(OC)c(C(=O)N2CCC(c3nnc4n3CCNC4)CC2)c1.Cl. The molecular weight excluding hydrogens is 382 g/mol. The van der Waals surface area contributed by atoms with Crippen molar-refractivity contribution >= 4 is 18.3 Å². The average Bonchev–Trinajstić information content (AvgIpc) is 3.17. The third kappa shape index (κ3) is 3.79. The number of benzene rings is 1. The highest BCUT2D eigenvalue weighted by Gasteiger charge is 2.30. The first kappa shape index (κ1) is 20.4. The van der Waals surface area contributed by atoms with Crippen LogP contribution in [0.4, 0.5) is 0 Å². The summed E-state index contributed by atoms with van der Waals surface area (Å²) in [5, 5.41) is 12.1. The molecule has 1 amide bonds. The molecule has 0 spiro atoms. The number of rotatable bonds is 4. The van der Waals surface area contributed by atoms with Gasteiger partial charge in [0.25, 0.3) is 5.91 Å². The largest absolute Gasteiger partial charge is 0.497 e. The number of hydrogen-bond acceptors (Lipinski definition) is 6. The van der Waals surface area contributed by atoms with Crippen molar-refractivity contribution in [3.63, 3.8) is 0 Å². The normalized spacial score (nSPS) is 16.9. The van der Waals surface area contributed by atoms with E-state index in [1.54, 1.807) is 32.4 Å². The van der Waals surface area contributed by atoms with E-state index < -0.39 is 0 Å². The number of likely N-dealkylation sites (tertiary alicyclic amines) is 1. The lowest BCUT2D eigenvalue weighted by atomic mass is 9.95. The number of piperidine rings is 1. The molecule has 0 saturated carbocycles. The lowest BCUT2D eigenvalue weighted by Crippen LogP contribution is -2.39. The van der Waals surface area contributed by atoms with E-state index in [-0.39, 0.29) is 18.3 Å². The van der Waals surface area contributed by atoms with Crippen LogP contribution in [0.25, 0.3) is 0 Å². The Balaban J connectivity index is 0.00000225. The van der Waals surface area contributed by atoms with Crippen LogP contribution in [0.2, 0.25) is 0 Å². The summed E-state index contributed by atoms with van der Waals surface area (Å²) >= 11 is 0. The number of methoxy groups -OCH3 is 2. The molecule has 2 aromatic rings. The first-order chi connectivity index (χ1) is 13.2. The molecule has 0 radical (unpaired) electrons. The zero-order chi connectivity index (χ0) is 18.8. The van der Waals surface area contributed by atoms with Gasteiger partial charge in [-0.15, -0.1) is 22.6 Å². The van der Waals surface area contributed by atoms with E-state index in [1.165, 1.54) is 0 Å². The molecule has 1 saturated heterocycles. The standard InChI is InChI=1S/C19H25N5O3.ClH/c1-26-14-3-4-16(27-2)15(11-14)19(25)23-8-5-13(6-9-23)18-22-21-17-12-20-7-10-24(17)18;/h3-4,11,13,20H,5-10,12H2,1-2H3;1H. The van der Waals surface area contributed by atoms with E-state index in [1.807, 2.05) is 4.90 Å². The number of carbonyl (C=O) groups excluding carboxylic acids is 1. The van der Waals surface area contributed by atoms with Crippen LogP contribution in [0.3, 0.4) is 0 Å².